The zero-order valence-electron chi connectivity index (χ0n) is 10.5. The van der Waals surface area contributed by atoms with Crippen LogP contribution < -0.4 is 10.6 Å². The second kappa shape index (κ2) is 7.01. The number of carbonyl (C=O) groups is 2. The van der Waals surface area contributed by atoms with E-state index in [1.165, 1.54) is 12.3 Å². The molecule has 1 atom stereocenters. The molecule has 1 rings (SSSR count). The van der Waals surface area contributed by atoms with Crippen molar-refractivity contribution < 1.29 is 14.7 Å². The van der Waals surface area contributed by atoms with Crippen LogP contribution in [0, 0.1) is 12.3 Å². The number of aromatic carboxylic acids is 1. The van der Waals surface area contributed by atoms with Crippen molar-refractivity contribution in [3.63, 3.8) is 0 Å². The van der Waals surface area contributed by atoms with E-state index in [4.69, 9.17) is 11.5 Å². The van der Waals surface area contributed by atoms with Crippen LogP contribution in [0.3, 0.4) is 0 Å². The van der Waals surface area contributed by atoms with E-state index < -0.39 is 5.97 Å². The molecule has 1 aromatic heterocycles. The number of nitrogens with zero attached hydrogens (tertiary/aromatic N) is 1. The van der Waals surface area contributed by atoms with Gasteiger partial charge in [0.15, 0.2) is 0 Å². The van der Waals surface area contributed by atoms with Crippen LogP contribution in [0.5, 0.6) is 0 Å². The Bertz CT molecular complexity index is 491. The summed E-state index contributed by atoms with van der Waals surface area (Å²) in [6.45, 7) is 2.07. The maximum absolute atomic E-state index is 11.5. The summed E-state index contributed by atoms with van der Waals surface area (Å²) in [5, 5.41) is 14.0. The van der Waals surface area contributed by atoms with Gasteiger partial charge in [-0.15, -0.1) is 12.3 Å². The van der Waals surface area contributed by atoms with Gasteiger partial charge in [-0.05, 0) is 18.6 Å². The van der Waals surface area contributed by atoms with E-state index in [0.29, 0.717) is 12.0 Å². The molecular formula is C13H15N3O3. The van der Waals surface area contributed by atoms with Crippen LogP contribution in [-0.2, 0) is 6.54 Å². The summed E-state index contributed by atoms with van der Waals surface area (Å²) in [4.78, 5) is 25.8. The van der Waals surface area contributed by atoms with Gasteiger partial charge in [-0.3, -0.25) is 0 Å². The Morgan fingerprint density at radius 3 is 2.79 bits per heavy atom. The molecule has 1 unspecified atom stereocenters. The molecule has 100 valence electrons. The van der Waals surface area contributed by atoms with E-state index in [9.17, 15) is 9.59 Å². The van der Waals surface area contributed by atoms with Gasteiger partial charge in [-0.2, -0.15) is 0 Å². The number of carbonyl (C=O) groups excluding carboxylic acids is 1. The first-order valence-electron chi connectivity index (χ1n) is 5.69. The molecule has 6 nitrogen and oxygen atoms in total. The van der Waals surface area contributed by atoms with Crippen LogP contribution >= 0.6 is 0 Å². The van der Waals surface area contributed by atoms with Gasteiger partial charge in [0.25, 0.3) is 0 Å². The minimum atomic E-state index is -1.08. The largest absolute Gasteiger partial charge is 0.477 e. The number of amides is 2. The second-order valence-corrected chi connectivity index (χ2v) is 3.99. The van der Waals surface area contributed by atoms with Crippen LogP contribution in [0.1, 0.15) is 29.4 Å². The van der Waals surface area contributed by atoms with Crippen LogP contribution in [0.2, 0.25) is 0 Å². The molecular weight excluding hydrogens is 246 g/mol. The highest BCUT2D eigenvalue weighted by molar-refractivity contribution is 5.85. The van der Waals surface area contributed by atoms with E-state index in [1.54, 1.807) is 6.07 Å². The van der Waals surface area contributed by atoms with Crippen LogP contribution in [0.15, 0.2) is 18.3 Å². The van der Waals surface area contributed by atoms with E-state index in [2.05, 4.69) is 21.5 Å². The maximum Gasteiger partial charge on any atom is 0.354 e. The van der Waals surface area contributed by atoms with Gasteiger partial charge >= 0.3 is 12.0 Å². The molecule has 0 saturated carbocycles. The Labute approximate surface area is 111 Å². The molecule has 0 aliphatic heterocycles. The van der Waals surface area contributed by atoms with Gasteiger partial charge in [0.05, 0.1) is 0 Å². The number of carboxylic acid groups (broad SMARTS) is 1. The highest BCUT2D eigenvalue weighted by Crippen LogP contribution is 2.00. The monoisotopic (exact) mass is 261 g/mol. The lowest BCUT2D eigenvalue weighted by atomic mass is 10.2. The van der Waals surface area contributed by atoms with Crippen molar-refractivity contribution in [2.24, 2.45) is 0 Å². The summed E-state index contributed by atoms with van der Waals surface area (Å²) in [6.07, 6.45) is 7.00. The third kappa shape index (κ3) is 5.08. The molecule has 0 radical (unpaired) electrons. The number of nitrogens with one attached hydrogen (secondary N) is 2. The average molecular weight is 261 g/mol. The lowest BCUT2D eigenvalue weighted by molar-refractivity contribution is 0.0690. The lowest BCUT2D eigenvalue weighted by Crippen LogP contribution is -2.40. The molecule has 0 aromatic carbocycles. The van der Waals surface area contributed by atoms with Crippen molar-refractivity contribution >= 4 is 12.0 Å². The van der Waals surface area contributed by atoms with Gasteiger partial charge in [0, 0.05) is 25.2 Å². The zero-order valence-corrected chi connectivity index (χ0v) is 10.5. The van der Waals surface area contributed by atoms with Crippen LogP contribution in [0.25, 0.3) is 0 Å². The fraction of sp³-hybridized carbons (Fsp3) is 0.308. The minimum absolute atomic E-state index is 0.0316. The third-order valence-electron chi connectivity index (χ3n) is 2.30. The van der Waals surface area contributed by atoms with E-state index in [-0.39, 0.29) is 24.3 Å². The normalized spacial score (nSPS) is 11.2. The first-order chi connectivity index (χ1) is 9.02. The van der Waals surface area contributed by atoms with Gasteiger partial charge in [0.1, 0.15) is 5.69 Å². The Hall–Kier alpha value is -2.55. The highest BCUT2D eigenvalue weighted by atomic mass is 16.4. The Balaban J connectivity index is 2.42. The van der Waals surface area contributed by atoms with Crippen molar-refractivity contribution in [2.45, 2.75) is 25.9 Å². The van der Waals surface area contributed by atoms with Crippen LogP contribution in [0.4, 0.5) is 4.79 Å². The van der Waals surface area contributed by atoms with Gasteiger partial charge in [0.2, 0.25) is 0 Å². The molecule has 0 spiro atoms. The smallest absolute Gasteiger partial charge is 0.354 e. The standard InChI is InChI=1S/C13H15N3O3/c1-3-4-9(2)16-13(19)15-8-10-5-6-11(12(17)18)14-7-10/h1,5-7,9H,4,8H2,2H3,(H,17,18)(H2,15,16,19). The highest BCUT2D eigenvalue weighted by Gasteiger charge is 2.06. The number of urea groups is 1. The van der Waals surface area contributed by atoms with E-state index >= 15 is 0 Å². The minimum Gasteiger partial charge on any atom is -0.477 e. The predicted octanol–water partition coefficient (Wildman–Crippen LogP) is 0.991. The predicted molar refractivity (Wildman–Crippen MR) is 69.5 cm³/mol. The molecule has 1 aromatic rings. The number of carboxylic acids is 1. The zero-order chi connectivity index (χ0) is 14.3. The Morgan fingerprint density at radius 2 is 2.26 bits per heavy atom. The topological polar surface area (TPSA) is 91.3 Å². The molecule has 1 heterocycles. The van der Waals surface area contributed by atoms with Crippen molar-refractivity contribution in [1.82, 2.24) is 15.6 Å². The summed E-state index contributed by atoms with van der Waals surface area (Å²) in [6, 6.07) is 2.56. The summed E-state index contributed by atoms with van der Waals surface area (Å²) >= 11 is 0. The fourth-order valence-electron chi connectivity index (χ4n) is 1.34. The number of hydrogen-bond donors (Lipinski definition) is 3. The average Bonchev–Trinajstić information content (AvgIpc) is 2.37. The summed E-state index contributed by atoms with van der Waals surface area (Å²) in [7, 11) is 0. The first-order valence-corrected chi connectivity index (χ1v) is 5.69. The van der Waals surface area contributed by atoms with E-state index in [0.717, 1.165) is 0 Å². The number of pyridine rings is 1. The summed E-state index contributed by atoms with van der Waals surface area (Å²) < 4.78 is 0. The van der Waals surface area contributed by atoms with Crippen molar-refractivity contribution in [3.8, 4) is 12.3 Å². The number of hydrogen-bond acceptors (Lipinski definition) is 3. The molecule has 0 saturated heterocycles. The van der Waals surface area contributed by atoms with Crippen LogP contribution in [-0.4, -0.2) is 28.1 Å². The first kappa shape index (κ1) is 14.5. The Kier molecular flexibility index (Phi) is 5.35. The second-order valence-electron chi connectivity index (χ2n) is 3.99. The molecule has 0 fully saturated rings. The molecule has 3 N–H and O–H groups in total. The summed E-state index contributed by atoms with van der Waals surface area (Å²) in [5.74, 6) is 1.37. The number of terminal acetylenes is 1. The molecule has 6 heteroatoms. The molecule has 2 amide bonds. The molecule has 0 aliphatic carbocycles. The van der Waals surface area contributed by atoms with Crippen molar-refractivity contribution in [2.75, 3.05) is 0 Å². The van der Waals surface area contributed by atoms with Gasteiger partial charge < -0.3 is 15.7 Å². The molecule has 19 heavy (non-hydrogen) atoms. The van der Waals surface area contributed by atoms with Crippen molar-refractivity contribution in [3.05, 3.63) is 29.6 Å². The number of rotatable bonds is 5. The summed E-state index contributed by atoms with van der Waals surface area (Å²) in [5.41, 5.74) is 0.681. The Morgan fingerprint density at radius 1 is 1.53 bits per heavy atom. The van der Waals surface area contributed by atoms with Gasteiger partial charge in [-0.1, -0.05) is 6.07 Å². The third-order valence-corrected chi connectivity index (χ3v) is 2.30. The number of aromatic nitrogens is 1. The SMILES string of the molecule is C#CCC(C)NC(=O)NCc1ccc(C(=O)O)nc1. The maximum atomic E-state index is 11.5. The van der Waals surface area contributed by atoms with Gasteiger partial charge in [-0.25, -0.2) is 14.6 Å². The molecule has 0 bridgehead atoms. The van der Waals surface area contributed by atoms with E-state index in [1.807, 2.05) is 6.92 Å². The van der Waals surface area contributed by atoms with Crippen molar-refractivity contribution in [1.29, 1.82) is 0 Å². The quantitative estimate of drug-likeness (QED) is 0.689. The lowest BCUT2D eigenvalue weighted by Gasteiger charge is -2.12. The molecule has 0 aliphatic rings. The fourth-order valence-corrected chi connectivity index (χ4v) is 1.34.